The third-order valence-corrected chi connectivity index (χ3v) is 9.18. The number of fused-ring (bicyclic) bond motifs is 3. The van der Waals surface area contributed by atoms with Crippen molar-refractivity contribution >= 4 is 17.5 Å². The Morgan fingerprint density at radius 2 is 1.57 bits per heavy atom. The SMILES string of the molecule is CN(C)CCCN1C(=O)[C@@]2(Cc3ccccc31)c1ccccc1C(=O)N(Cc1ccccc1C(F)(F)F)[C@H]2c1ccc(CO)cc1. The van der Waals surface area contributed by atoms with E-state index in [1.54, 1.807) is 47.4 Å². The fourth-order valence-corrected chi connectivity index (χ4v) is 7.14. The molecule has 6 nitrogen and oxygen atoms in total. The molecule has 0 radical (unpaired) electrons. The van der Waals surface area contributed by atoms with Crippen molar-refractivity contribution in [1.29, 1.82) is 0 Å². The van der Waals surface area contributed by atoms with Crippen molar-refractivity contribution in [2.24, 2.45) is 0 Å². The zero-order chi connectivity index (χ0) is 32.6. The van der Waals surface area contributed by atoms with Crippen LogP contribution >= 0.6 is 0 Å². The lowest BCUT2D eigenvalue weighted by molar-refractivity contribution is -0.138. The van der Waals surface area contributed by atoms with E-state index in [0.717, 1.165) is 23.9 Å². The molecule has 2 aliphatic heterocycles. The van der Waals surface area contributed by atoms with E-state index >= 15 is 4.79 Å². The molecule has 0 saturated heterocycles. The van der Waals surface area contributed by atoms with Crippen LogP contribution in [0.2, 0.25) is 0 Å². The number of halogens is 3. The second kappa shape index (κ2) is 12.4. The summed E-state index contributed by atoms with van der Waals surface area (Å²) in [6.45, 7) is 0.623. The maximum Gasteiger partial charge on any atom is 0.416 e. The van der Waals surface area contributed by atoms with Gasteiger partial charge < -0.3 is 19.8 Å². The zero-order valence-corrected chi connectivity index (χ0v) is 25.8. The average molecular weight is 628 g/mol. The Kier molecular flexibility index (Phi) is 8.48. The van der Waals surface area contributed by atoms with E-state index in [-0.39, 0.29) is 31.0 Å². The van der Waals surface area contributed by atoms with Gasteiger partial charge in [0.05, 0.1) is 18.2 Å². The highest BCUT2D eigenvalue weighted by Crippen LogP contribution is 2.54. The van der Waals surface area contributed by atoms with Crippen LogP contribution in [0.5, 0.6) is 0 Å². The molecule has 4 aromatic rings. The molecule has 238 valence electrons. The van der Waals surface area contributed by atoms with Crippen molar-refractivity contribution in [3.63, 3.8) is 0 Å². The topological polar surface area (TPSA) is 64.1 Å². The van der Waals surface area contributed by atoms with Crippen molar-refractivity contribution in [3.05, 3.63) is 136 Å². The number of aliphatic hydroxyl groups excluding tert-OH is 1. The first kappa shape index (κ1) is 31.5. The number of hydrogen-bond acceptors (Lipinski definition) is 4. The number of aliphatic hydroxyl groups is 1. The number of nitrogens with zero attached hydrogens (tertiary/aromatic N) is 3. The lowest BCUT2D eigenvalue weighted by atomic mass is 9.61. The minimum atomic E-state index is -4.63. The third-order valence-electron chi connectivity index (χ3n) is 9.18. The van der Waals surface area contributed by atoms with Gasteiger partial charge in [-0.2, -0.15) is 13.2 Å². The number of anilines is 1. The second-order valence-electron chi connectivity index (χ2n) is 12.3. The summed E-state index contributed by atoms with van der Waals surface area (Å²) in [7, 11) is 3.94. The summed E-state index contributed by atoms with van der Waals surface area (Å²) in [5.74, 6) is -0.643. The van der Waals surface area contributed by atoms with Crippen LogP contribution in [-0.2, 0) is 36.0 Å². The van der Waals surface area contributed by atoms with Crippen LogP contribution in [0, 0.1) is 0 Å². The highest BCUT2D eigenvalue weighted by molar-refractivity contribution is 6.09. The van der Waals surface area contributed by atoms with Crippen LogP contribution in [0.3, 0.4) is 0 Å². The van der Waals surface area contributed by atoms with Gasteiger partial charge in [0.1, 0.15) is 5.41 Å². The van der Waals surface area contributed by atoms with E-state index in [1.807, 2.05) is 44.4 Å². The molecule has 1 spiro atoms. The van der Waals surface area contributed by atoms with Gasteiger partial charge in [-0.05, 0) is 79.5 Å². The first-order valence-electron chi connectivity index (χ1n) is 15.4. The number of carbonyl (C=O) groups excluding carboxylic acids is 2. The summed E-state index contributed by atoms with van der Waals surface area (Å²) >= 11 is 0. The zero-order valence-electron chi connectivity index (χ0n) is 25.8. The fourth-order valence-electron chi connectivity index (χ4n) is 7.14. The standard InChI is InChI=1S/C37H36F3N3O3/c1-41(2)20-9-21-42-32-15-8-4-10-27(32)22-36(35(42)46)31-14-7-5-12-29(31)34(45)43(33(36)26-18-16-25(24-44)17-19-26)23-28-11-3-6-13-30(28)37(38,39)40/h3-8,10-19,33,44H,9,20-24H2,1-2H3/t33-,36-/m0/s1. The molecule has 2 amide bonds. The van der Waals surface area contributed by atoms with Gasteiger partial charge in [0.2, 0.25) is 5.91 Å². The minimum Gasteiger partial charge on any atom is -0.392 e. The number of benzene rings is 4. The predicted molar refractivity (Wildman–Crippen MR) is 170 cm³/mol. The molecule has 2 heterocycles. The number of rotatable bonds is 8. The quantitative estimate of drug-likeness (QED) is 0.247. The lowest BCUT2D eigenvalue weighted by Crippen LogP contribution is -2.62. The van der Waals surface area contributed by atoms with E-state index in [1.165, 1.54) is 23.1 Å². The molecule has 46 heavy (non-hydrogen) atoms. The first-order valence-corrected chi connectivity index (χ1v) is 15.4. The monoisotopic (exact) mass is 627 g/mol. The van der Waals surface area contributed by atoms with Crippen LogP contribution in [-0.4, -0.2) is 53.9 Å². The van der Waals surface area contributed by atoms with Crippen molar-refractivity contribution in [3.8, 4) is 0 Å². The van der Waals surface area contributed by atoms with Gasteiger partial charge in [0.15, 0.2) is 0 Å². The molecule has 6 rings (SSSR count). The van der Waals surface area contributed by atoms with E-state index in [4.69, 9.17) is 0 Å². The number of alkyl halides is 3. The van der Waals surface area contributed by atoms with E-state index < -0.39 is 29.1 Å². The normalized spacial score (nSPS) is 19.5. The Morgan fingerprint density at radius 1 is 0.891 bits per heavy atom. The number of para-hydroxylation sites is 1. The molecule has 0 aliphatic carbocycles. The lowest BCUT2D eigenvalue weighted by Gasteiger charge is -2.53. The van der Waals surface area contributed by atoms with Crippen LogP contribution < -0.4 is 4.90 Å². The highest BCUT2D eigenvalue weighted by Gasteiger charge is 2.59. The summed E-state index contributed by atoms with van der Waals surface area (Å²) in [5.41, 5.74) is 1.61. The van der Waals surface area contributed by atoms with Gasteiger partial charge in [0.25, 0.3) is 5.91 Å². The van der Waals surface area contributed by atoms with Gasteiger partial charge in [-0.25, -0.2) is 0 Å². The van der Waals surface area contributed by atoms with Gasteiger partial charge in [0, 0.05) is 24.3 Å². The van der Waals surface area contributed by atoms with Crippen molar-refractivity contribution in [2.75, 3.05) is 32.1 Å². The van der Waals surface area contributed by atoms with Crippen molar-refractivity contribution in [2.45, 2.75) is 43.6 Å². The summed E-state index contributed by atoms with van der Waals surface area (Å²) < 4.78 is 42.8. The summed E-state index contributed by atoms with van der Waals surface area (Å²) in [6, 6.07) is 26.1. The summed E-state index contributed by atoms with van der Waals surface area (Å²) in [4.78, 5) is 35.1. The van der Waals surface area contributed by atoms with Gasteiger partial charge in [-0.3, -0.25) is 9.59 Å². The Balaban J connectivity index is 1.61. The molecule has 0 bridgehead atoms. The second-order valence-corrected chi connectivity index (χ2v) is 12.3. The van der Waals surface area contributed by atoms with Crippen LogP contribution in [0.1, 0.15) is 56.2 Å². The van der Waals surface area contributed by atoms with Gasteiger partial charge in [-0.15, -0.1) is 0 Å². The molecule has 4 aromatic carbocycles. The number of carbonyl (C=O) groups is 2. The van der Waals surface area contributed by atoms with Crippen molar-refractivity contribution < 1.29 is 27.9 Å². The van der Waals surface area contributed by atoms with Crippen LogP contribution in [0.15, 0.2) is 97.1 Å². The molecule has 0 unspecified atom stereocenters. The molecule has 2 aliphatic rings. The predicted octanol–water partition coefficient (Wildman–Crippen LogP) is 6.37. The first-order chi connectivity index (χ1) is 22.1. The number of hydrogen-bond donors (Lipinski definition) is 1. The summed E-state index contributed by atoms with van der Waals surface area (Å²) in [6.07, 6.45) is -3.69. The Morgan fingerprint density at radius 3 is 2.28 bits per heavy atom. The largest absolute Gasteiger partial charge is 0.416 e. The molecule has 0 fully saturated rings. The Hall–Kier alpha value is -4.47. The molecular weight excluding hydrogens is 591 g/mol. The van der Waals surface area contributed by atoms with Crippen LogP contribution in [0.4, 0.5) is 18.9 Å². The number of amides is 2. The molecule has 0 saturated carbocycles. The van der Waals surface area contributed by atoms with E-state index in [2.05, 4.69) is 4.90 Å². The maximum absolute atomic E-state index is 15.3. The minimum absolute atomic E-state index is 0.0543. The molecule has 1 N–H and O–H groups in total. The molecule has 2 atom stereocenters. The Labute approximate surface area is 266 Å². The Bertz CT molecular complexity index is 1750. The van der Waals surface area contributed by atoms with Crippen LogP contribution in [0.25, 0.3) is 0 Å². The van der Waals surface area contributed by atoms with Crippen molar-refractivity contribution in [1.82, 2.24) is 9.80 Å². The highest BCUT2D eigenvalue weighted by atomic mass is 19.4. The maximum atomic E-state index is 15.3. The van der Waals surface area contributed by atoms with Gasteiger partial charge >= 0.3 is 6.18 Å². The summed E-state index contributed by atoms with van der Waals surface area (Å²) in [5, 5.41) is 9.78. The van der Waals surface area contributed by atoms with E-state index in [9.17, 15) is 23.1 Å². The molecule has 9 heteroatoms. The average Bonchev–Trinajstić information content (AvgIpc) is 3.05. The molecular formula is C37H36F3N3O3. The smallest absolute Gasteiger partial charge is 0.392 e. The van der Waals surface area contributed by atoms with E-state index in [0.29, 0.717) is 35.2 Å². The third kappa shape index (κ3) is 5.48. The fraction of sp³-hybridized carbons (Fsp3) is 0.297. The van der Waals surface area contributed by atoms with Gasteiger partial charge in [-0.1, -0.05) is 78.9 Å². The molecule has 0 aromatic heterocycles.